The summed E-state index contributed by atoms with van der Waals surface area (Å²) in [4.78, 5) is 0. The van der Waals surface area contributed by atoms with Gasteiger partial charge in [0.2, 0.25) is 0 Å². The monoisotopic (exact) mass is 252 g/mol. The van der Waals surface area contributed by atoms with Gasteiger partial charge in [-0.3, -0.25) is 0 Å². The van der Waals surface area contributed by atoms with Crippen LogP contribution in [0.25, 0.3) is 11.1 Å². The third-order valence-corrected chi connectivity index (χ3v) is 3.13. The van der Waals surface area contributed by atoms with Gasteiger partial charge in [-0.2, -0.15) is 0 Å². The highest BCUT2D eigenvalue weighted by Gasteiger charge is 2.11. The lowest BCUT2D eigenvalue weighted by atomic mass is 10.0. The zero-order chi connectivity index (χ0) is 12.6. The quantitative estimate of drug-likeness (QED) is 0.677. The second-order valence-corrected chi connectivity index (χ2v) is 4.40. The number of benzene rings is 2. The number of aryl methyl sites for hydroxylation is 2. The van der Waals surface area contributed by atoms with Gasteiger partial charge in [0.1, 0.15) is 11.6 Å². The van der Waals surface area contributed by atoms with Gasteiger partial charge in [-0.25, -0.2) is 8.78 Å². The molecule has 88 valence electrons. The molecule has 0 N–H and O–H groups in total. The molecular formula is C14H11ClF2. The third kappa shape index (κ3) is 2.18. The predicted octanol–water partition coefficient (Wildman–Crippen LogP) is 4.90. The molecule has 0 aliphatic carbocycles. The molecule has 0 atom stereocenters. The van der Waals surface area contributed by atoms with Crippen LogP contribution < -0.4 is 0 Å². The highest BCUT2D eigenvalue weighted by Crippen LogP contribution is 2.32. The van der Waals surface area contributed by atoms with E-state index in [1.807, 2.05) is 0 Å². The van der Waals surface area contributed by atoms with Gasteiger partial charge in [-0.05, 0) is 36.6 Å². The number of hydrogen-bond donors (Lipinski definition) is 0. The van der Waals surface area contributed by atoms with E-state index in [0.29, 0.717) is 22.3 Å². The Morgan fingerprint density at radius 3 is 2.24 bits per heavy atom. The zero-order valence-corrected chi connectivity index (χ0v) is 10.3. The van der Waals surface area contributed by atoms with Crippen LogP contribution in [0.5, 0.6) is 0 Å². The van der Waals surface area contributed by atoms with E-state index in [2.05, 4.69) is 0 Å². The summed E-state index contributed by atoms with van der Waals surface area (Å²) in [7, 11) is 0. The molecule has 0 aliphatic rings. The Hall–Kier alpha value is -1.41. The fraction of sp³-hybridized carbons (Fsp3) is 0.143. The van der Waals surface area contributed by atoms with E-state index in [-0.39, 0.29) is 10.8 Å². The van der Waals surface area contributed by atoms with Crippen LogP contribution in [0.15, 0.2) is 30.3 Å². The van der Waals surface area contributed by atoms with E-state index in [1.165, 1.54) is 6.07 Å². The van der Waals surface area contributed by atoms with Crippen LogP contribution in [0.2, 0.25) is 5.02 Å². The first-order valence-corrected chi connectivity index (χ1v) is 5.59. The molecule has 17 heavy (non-hydrogen) atoms. The normalized spacial score (nSPS) is 10.6. The van der Waals surface area contributed by atoms with E-state index >= 15 is 0 Å². The first-order valence-electron chi connectivity index (χ1n) is 5.22. The van der Waals surface area contributed by atoms with Crippen molar-refractivity contribution in [3.05, 3.63) is 58.1 Å². The molecule has 0 bridgehead atoms. The van der Waals surface area contributed by atoms with Crippen LogP contribution in [0.4, 0.5) is 8.78 Å². The molecule has 0 fully saturated rings. The molecule has 0 aliphatic heterocycles. The fourth-order valence-corrected chi connectivity index (χ4v) is 1.95. The van der Waals surface area contributed by atoms with E-state index in [9.17, 15) is 8.78 Å². The number of rotatable bonds is 1. The van der Waals surface area contributed by atoms with Gasteiger partial charge in [-0.1, -0.05) is 35.9 Å². The minimum absolute atomic E-state index is 0.0354. The van der Waals surface area contributed by atoms with E-state index in [1.54, 1.807) is 38.1 Å². The molecule has 0 spiro atoms. The number of hydrogen-bond acceptors (Lipinski definition) is 0. The molecule has 3 heteroatoms. The molecule has 0 heterocycles. The average Bonchev–Trinajstić information content (AvgIpc) is 2.30. The summed E-state index contributed by atoms with van der Waals surface area (Å²) in [6.07, 6.45) is 0. The smallest absolute Gasteiger partial charge is 0.145 e. The van der Waals surface area contributed by atoms with Crippen molar-refractivity contribution in [2.24, 2.45) is 0 Å². The second-order valence-electron chi connectivity index (χ2n) is 4.02. The highest BCUT2D eigenvalue weighted by atomic mass is 35.5. The number of halogens is 3. The van der Waals surface area contributed by atoms with E-state index in [0.717, 1.165) is 0 Å². The van der Waals surface area contributed by atoms with Crippen LogP contribution in [-0.2, 0) is 0 Å². The Labute approximate surface area is 104 Å². The Kier molecular flexibility index (Phi) is 3.16. The van der Waals surface area contributed by atoms with Crippen molar-refractivity contribution >= 4 is 11.6 Å². The van der Waals surface area contributed by atoms with Crippen molar-refractivity contribution in [2.45, 2.75) is 13.8 Å². The summed E-state index contributed by atoms with van der Waals surface area (Å²) in [6, 6.07) is 8.08. The molecule has 2 aromatic rings. The first kappa shape index (κ1) is 12.1. The van der Waals surface area contributed by atoms with E-state index in [4.69, 9.17) is 11.6 Å². The van der Waals surface area contributed by atoms with Crippen molar-refractivity contribution in [2.75, 3.05) is 0 Å². The SMILES string of the molecule is Cc1ccc(-c2ccc(C)c(F)c2Cl)cc1F. The molecule has 2 aromatic carbocycles. The molecule has 0 unspecified atom stereocenters. The Morgan fingerprint density at radius 2 is 1.59 bits per heavy atom. The van der Waals surface area contributed by atoms with Crippen LogP contribution >= 0.6 is 11.6 Å². The molecule has 0 saturated heterocycles. The van der Waals surface area contributed by atoms with Crippen LogP contribution in [-0.4, -0.2) is 0 Å². The van der Waals surface area contributed by atoms with Crippen molar-refractivity contribution in [3.8, 4) is 11.1 Å². The van der Waals surface area contributed by atoms with Crippen molar-refractivity contribution in [3.63, 3.8) is 0 Å². The van der Waals surface area contributed by atoms with Gasteiger partial charge in [0, 0.05) is 5.56 Å². The molecule has 2 rings (SSSR count). The Balaban J connectivity index is 2.61. The standard InChI is InChI=1S/C14H11ClF2/c1-8-3-5-10(7-12(8)16)11-6-4-9(2)14(17)13(11)15/h3-7H,1-2H3. The van der Waals surface area contributed by atoms with Crippen LogP contribution in [0, 0.1) is 25.5 Å². The second kappa shape index (κ2) is 4.46. The Bertz CT molecular complexity index is 577. The van der Waals surface area contributed by atoms with Crippen LogP contribution in [0.3, 0.4) is 0 Å². The van der Waals surface area contributed by atoms with Gasteiger partial charge in [0.15, 0.2) is 0 Å². The fourth-order valence-electron chi connectivity index (χ4n) is 1.63. The molecule has 0 radical (unpaired) electrons. The summed E-state index contributed by atoms with van der Waals surface area (Å²) in [5.74, 6) is -0.773. The summed E-state index contributed by atoms with van der Waals surface area (Å²) in [5, 5.41) is 0.0354. The minimum atomic E-state index is -0.454. The van der Waals surface area contributed by atoms with Gasteiger partial charge < -0.3 is 0 Å². The zero-order valence-electron chi connectivity index (χ0n) is 9.52. The van der Waals surface area contributed by atoms with Gasteiger partial charge >= 0.3 is 0 Å². The summed E-state index contributed by atoms with van der Waals surface area (Å²) in [6.45, 7) is 3.32. The predicted molar refractivity (Wildman–Crippen MR) is 66.3 cm³/mol. The molecular weight excluding hydrogens is 242 g/mol. The largest absolute Gasteiger partial charge is 0.207 e. The Morgan fingerprint density at radius 1 is 0.941 bits per heavy atom. The molecule has 0 aromatic heterocycles. The summed E-state index contributed by atoms with van der Waals surface area (Å²) in [5.41, 5.74) is 2.12. The van der Waals surface area contributed by atoms with Crippen molar-refractivity contribution in [1.82, 2.24) is 0 Å². The molecule has 0 nitrogen and oxygen atoms in total. The summed E-state index contributed by atoms with van der Waals surface area (Å²) >= 11 is 5.93. The van der Waals surface area contributed by atoms with Crippen LogP contribution in [0.1, 0.15) is 11.1 Å². The lowest BCUT2D eigenvalue weighted by molar-refractivity contribution is 0.617. The third-order valence-electron chi connectivity index (χ3n) is 2.76. The lowest BCUT2D eigenvalue weighted by Gasteiger charge is -2.08. The summed E-state index contributed by atoms with van der Waals surface area (Å²) < 4.78 is 27.1. The maximum Gasteiger partial charge on any atom is 0.145 e. The maximum absolute atomic E-state index is 13.6. The average molecular weight is 253 g/mol. The highest BCUT2D eigenvalue weighted by molar-refractivity contribution is 6.33. The molecule has 0 saturated carbocycles. The van der Waals surface area contributed by atoms with Crippen molar-refractivity contribution in [1.29, 1.82) is 0 Å². The van der Waals surface area contributed by atoms with Gasteiger partial charge in [-0.15, -0.1) is 0 Å². The minimum Gasteiger partial charge on any atom is -0.207 e. The maximum atomic E-state index is 13.6. The van der Waals surface area contributed by atoms with Crippen molar-refractivity contribution < 1.29 is 8.78 Å². The van der Waals surface area contributed by atoms with Gasteiger partial charge in [0.25, 0.3) is 0 Å². The topological polar surface area (TPSA) is 0 Å². The molecule has 0 amide bonds. The van der Waals surface area contributed by atoms with Gasteiger partial charge in [0.05, 0.1) is 5.02 Å². The lowest BCUT2D eigenvalue weighted by Crippen LogP contribution is -1.90. The first-order chi connectivity index (χ1) is 8.00. The van der Waals surface area contributed by atoms with E-state index < -0.39 is 5.82 Å².